The van der Waals surface area contributed by atoms with E-state index in [1.54, 1.807) is 0 Å². The molecule has 1 atom stereocenters. The first-order chi connectivity index (χ1) is 11.5. The number of aliphatic hydroxyl groups is 1. The zero-order chi connectivity index (χ0) is 17.7. The maximum atomic E-state index is 12.3. The molecule has 1 saturated carbocycles. The molecule has 24 heavy (non-hydrogen) atoms. The van der Waals surface area contributed by atoms with Gasteiger partial charge in [-0.1, -0.05) is 19.8 Å². The van der Waals surface area contributed by atoms with Crippen LogP contribution in [0.3, 0.4) is 0 Å². The Labute approximate surface area is 148 Å². The first-order valence-corrected chi connectivity index (χ1v) is 9.75. The molecule has 1 heterocycles. The molecule has 0 radical (unpaired) electrons. The first kappa shape index (κ1) is 18.9. The van der Waals surface area contributed by atoms with Gasteiger partial charge in [0.2, 0.25) is 5.91 Å². The number of carbonyl (C=O) groups excluding carboxylic acids is 1. The number of anilines is 1. The minimum atomic E-state index is -0.0848. The Kier molecular flexibility index (Phi) is 6.76. The predicted molar refractivity (Wildman–Crippen MR) is 98.3 cm³/mol. The van der Waals surface area contributed by atoms with E-state index >= 15 is 0 Å². The molecule has 0 aliphatic heterocycles. The first-order valence-electron chi connectivity index (χ1n) is 8.59. The maximum Gasteiger partial charge on any atom is 0.235 e. The molecule has 5 nitrogen and oxygen atoms in total. The number of carbonyl (C=O) groups is 1. The summed E-state index contributed by atoms with van der Waals surface area (Å²) in [5, 5.41) is 21.5. The molecular weight excluding hydrogens is 322 g/mol. The third-order valence-corrected chi connectivity index (χ3v) is 6.03. The van der Waals surface area contributed by atoms with Gasteiger partial charge in [-0.15, -0.1) is 0 Å². The van der Waals surface area contributed by atoms with E-state index in [9.17, 15) is 10.1 Å². The third kappa shape index (κ3) is 4.14. The van der Waals surface area contributed by atoms with Crippen molar-refractivity contribution in [3.8, 4) is 6.07 Å². The Morgan fingerprint density at radius 1 is 1.46 bits per heavy atom. The van der Waals surface area contributed by atoms with Gasteiger partial charge in [-0.05, 0) is 43.9 Å². The summed E-state index contributed by atoms with van der Waals surface area (Å²) in [6.45, 7) is 6.07. The van der Waals surface area contributed by atoms with E-state index in [1.165, 1.54) is 24.6 Å². The fourth-order valence-corrected chi connectivity index (χ4v) is 4.16. The Bertz CT molecular complexity index is 627. The van der Waals surface area contributed by atoms with Gasteiger partial charge in [-0.2, -0.15) is 17.0 Å². The summed E-state index contributed by atoms with van der Waals surface area (Å²) in [6, 6.07) is 2.64. The fourth-order valence-electron chi connectivity index (χ4n) is 3.28. The van der Waals surface area contributed by atoms with Crippen molar-refractivity contribution in [1.82, 2.24) is 4.57 Å². The van der Waals surface area contributed by atoms with Crippen LogP contribution in [0.15, 0.2) is 0 Å². The van der Waals surface area contributed by atoms with E-state index in [-0.39, 0.29) is 18.4 Å². The molecule has 1 aliphatic rings. The molecule has 1 fully saturated rings. The Hall–Kier alpha value is -1.45. The van der Waals surface area contributed by atoms with Crippen LogP contribution in [0, 0.1) is 31.1 Å². The molecule has 0 saturated heterocycles. The molecular formula is C18H27N3O2S. The van der Waals surface area contributed by atoms with Crippen molar-refractivity contribution in [2.75, 3.05) is 23.4 Å². The van der Waals surface area contributed by atoms with Crippen LogP contribution in [0.1, 0.15) is 55.5 Å². The van der Waals surface area contributed by atoms with E-state index in [0.717, 1.165) is 29.9 Å². The lowest BCUT2D eigenvalue weighted by Crippen LogP contribution is -2.20. The van der Waals surface area contributed by atoms with Gasteiger partial charge in [-0.25, -0.2) is 0 Å². The molecule has 2 N–H and O–H groups in total. The number of nitrogens with zero attached hydrogens (tertiary/aromatic N) is 2. The number of nitriles is 1. The zero-order valence-corrected chi connectivity index (χ0v) is 15.6. The van der Waals surface area contributed by atoms with Gasteiger partial charge >= 0.3 is 0 Å². The molecule has 1 unspecified atom stereocenters. The van der Waals surface area contributed by atoms with Crippen LogP contribution in [0.2, 0.25) is 0 Å². The van der Waals surface area contributed by atoms with E-state index in [0.29, 0.717) is 23.2 Å². The van der Waals surface area contributed by atoms with Crippen molar-refractivity contribution in [2.24, 2.45) is 5.92 Å². The highest BCUT2D eigenvalue weighted by molar-refractivity contribution is 7.99. The fraction of sp³-hybridized carbons (Fsp3) is 0.667. The SMILES string of the molecule is Cc1c(C#N)c(NC(=O)CSCC(C)CO)n(C2CCCC2)c1C. The van der Waals surface area contributed by atoms with Gasteiger partial charge < -0.3 is 15.0 Å². The van der Waals surface area contributed by atoms with Crippen LogP contribution < -0.4 is 5.32 Å². The molecule has 6 heteroatoms. The van der Waals surface area contributed by atoms with E-state index in [1.807, 2.05) is 20.8 Å². The van der Waals surface area contributed by atoms with Crippen LogP contribution in [0.25, 0.3) is 0 Å². The molecule has 132 valence electrons. The average molecular weight is 350 g/mol. The van der Waals surface area contributed by atoms with Gasteiger partial charge in [0.1, 0.15) is 11.9 Å². The number of hydrogen-bond donors (Lipinski definition) is 2. The lowest BCUT2D eigenvalue weighted by molar-refractivity contribution is -0.113. The van der Waals surface area contributed by atoms with Gasteiger partial charge in [0.15, 0.2) is 0 Å². The number of amides is 1. The van der Waals surface area contributed by atoms with Gasteiger partial charge in [-0.3, -0.25) is 4.79 Å². The Morgan fingerprint density at radius 3 is 2.71 bits per heavy atom. The normalized spacial score (nSPS) is 16.1. The Balaban J connectivity index is 2.14. The van der Waals surface area contributed by atoms with Gasteiger partial charge in [0.05, 0.1) is 11.3 Å². The van der Waals surface area contributed by atoms with Crippen molar-refractivity contribution in [2.45, 2.75) is 52.5 Å². The maximum absolute atomic E-state index is 12.3. The monoisotopic (exact) mass is 349 g/mol. The predicted octanol–water partition coefficient (Wildman–Crippen LogP) is 3.39. The topological polar surface area (TPSA) is 78.1 Å². The third-order valence-electron chi connectivity index (χ3n) is 4.76. The Morgan fingerprint density at radius 2 is 2.12 bits per heavy atom. The average Bonchev–Trinajstić information content (AvgIpc) is 3.15. The lowest BCUT2D eigenvalue weighted by atomic mass is 10.2. The van der Waals surface area contributed by atoms with Crippen LogP contribution in [0.4, 0.5) is 5.82 Å². The summed E-state index contributed by atoms with van der Waals surface area (Å²) in [5.74, 6) is 1.85. The lowest BCUT2D eigenvalue weighted by Gasteiger charge is -2.19. The molecule has 0 aromatic carbocycles. The van der Waals surface area contributed by atoms with E-state index in [4.69, 9.17) is 5.11 Å². The van der Waals surface area contributed by atoms with Crippen LogP contribution in [0.5, 0.6) is 0 Å². The second-order valence-corrected chi connectivity index (χ2v) is 7.74. The van der Waals surface area contributed by atoms with Crippen LogP contribution >= 0.6 is 11.8 Å². The highest BCUT2D eigenvalue weighted by Crippen LogP contribution is 2.37. The quantitative estimate of drug-likeness (QED) is 0.791. The molecule has 1 amide bonds. The van der Waals surface area contributed by atoms with Crippen molar-refractivity contribution in [3.05, 3.63) is 16.8 Å². The number of aromatic nitrogens is 1. The second-order valence-electron chi connectivity index (χ2n) is 6.71. The van der Waals surface area contributed by atoms with Crippen LogP contribution in [-0.2, 0) is 4.79 Å². The summed E-state index contributed by atoms with van der Waals surface area (Å²) in [5.41, 5.74) is 2.62. The number of aliphatic hydroxyl groups excluding tert-OH is 1. The number of nitrogens with one attached hydrogen (secondary N) is 1. The summed E-state index contributed by atoms with van der Waals surface area (Å²) in [6.07, 6.45) is 4.61. The molecule has 1 aromatic heterocycles. The minimum Gasteiger partial charge on any atom is -0.396 e. The molecule has 0 bridgehead atoms. The molecule has 1 aliphatic carbocycles. The molecule has 2 rings (SSSR count). The zero-order valence-electron chi connectivity index (χ0n) is 14.8. The summed E-state index contributed by atoms with van der Waals surface area (Å²) >= 11 is 1.51. The smallest absolute Gasteiger partial charge is 0.235 e. The summed E-state index contributed by atoms with van der Waals surface area (Å²) < 4.78 is 2.17. The van der Waals surface area contributed by atoms with E-state index < -0.39 is 0 Å². The van der Waals surface area contributed by atoms with Crippen molar-refractivity contribution >= 4 is 23.5 Å². The molecule has 0 spiro atoms. The standard InChI is InChI=1S/C18H27N3O2S/c1-12(9-22)10-24-11-17(23)20-18-16(8-19)13(2)14(3)21(18)15-6-4-5-7-15/h12,15,22H,4-7,9-11H2,1-3H3,(H,20,23). The van der Waals surface area contributed by atoms with Crippen molar-refractivity contribution in [3.63, 3.8) is 0 Å². The van der Waals surface area contributed by atoms with Crippen LogP contribution in [-0.4, -0.2) is 33.7 Å². The summed E-state index contributed by atoms with van der Waals surface area (Å²) in [7, 11) is 0. The van der Waals surface area contributed by atoms with E-state index in [2.05, 4.69) is 16.0 Å². The van der Waals surface area contributed by atoms with Gasteiger partial charge in [0, 0.05) is 18.3 Å². The number of rotatable bonds is 7. The highest BCUT2D eigenvalue weighted by atomic mass is 32.2. The number of thioether (sulfide) groups is 1. The second kappa shape index (κ2) is 8.59. The molecule has 1 aromatic rings. The minimum absolute atomic E-state index is 0.0848. The van der Waals surface area contributed by atoms with Crippen molar-refractivity contribution < 1.29 is 9.90 Å². The summed E-state index contributed by atoms with van der Waals surface area (Å²) in [4.78, 5) is 12.3. The van der Waals surface area contributed by atoms with Gasteiger partial charge in [0.25, 0.3) is 0 Å². The number of hydrogen-bond acceptors (Lipinski definition) is 4. The largest absolute Gasteiger partial charge is 0.396 e. The van der Waals surface area contributed by atoms with Crippen molar-refractivity contribution in [1.29, 1.82) is 5.26 Å². The highest BCUT2D eigenvalue weighted by Gasteiger charge is 2.26.